The van der Waals surface area contributed by atoms with Gasteiger partial charge in [0.2, 0.25) is 0 Å². The van der Waals surface area contributed by atoms with Crippen LogP contribution in [0.5, 0.6) is 0 Å². The molecule has 1 aliphatic heterocycles. The number of nitrogens with zero attached hydrogens (tertiary/aromatic N) is 1. The summed E-state index contributed by atoms with van der Waals surface area (Å²) < 4.78 is 0. The third-order valence-corrected chi connectivity index (χ3v) is 5.79. The summed E-state index contributed by atoms with van der Waals surface area (Å²) in [6.07, 6.45) is 7.01. The minimum atomic E-state index is 0.280. The number of rotatable bonds is 2. The van der Waals surface area contributed by atoms with Crippen molar-refractivity contribution in [1.82, 2.24) is 0 Å². The van der Waals surface area contributed by atoms with Crippen molar-refractivity contribution < 1.29 is 0 Å². The van der Waals surface area contributed by atoms with Crippen molar-refractivity contribution in [2.75, 3.05) is 4.90 Å². The molecule has 0 spiro atoms. The Hall–Kier alpha value is -3.72. The number of benzene rings is 3. The first-order valence-corrected chi connectivity index (χ1v) is 9.90. The molecule has 3 aromatic rings. The molecule has 0 saturated carbocycles. The number of nitrogens with two attached hydrogens (primary N) is 2. The van der Waals surface area contributed by atoms with E-state index in [9.17, 15) is 0 Å². The highest BCUT2D eigenvalue weighted by atomic mass is 15.2. The molecule has 0 aromatic heterocycles. The molecular formula is C26H23N3. The van der Waals surface area contributed by atoms with E-state index in [1.807, 2.05) is 24.3 Å². The van der Waals surface area contributed by atoms with Crippen LogP contribution in [0.4, 0.5) is 11.4 Å². The standard InChI is InChI=1S/C26H23N3/c27-17-19-8-4-5-11-21(19)26(28)18-14-15-25-23(16-18)22-12-6-7-13-24(22)29(25)20-9-2-1-3-10-20/h1-14,16-17,25H,15,27-28H2/b19-17-,26-21-. The van der Waals surface area contributed by atoms with Crippen molar-refractivity contribution in [3.63, 3.8) is 0 Å². The highest BCUT2D eigenvalue weighted by Crippen LogP contribution is 2.48. The molecule has 2 aliphatic rings. The molecule has 0 saturated heterocycles. The summed E-state index contributed by atoms with van der Waals surface area (Å²) in [5, 5.41) is 1.92. The van der Waals surface area contributed by atoms with Crippen molar-refractivity contribution in [3.8, 4) is 0 Å². The molecule has 3 nitrogen and oxygen atoms in total. The van der Waals surface area contributed by atoms with Crippen LogP contribution in [0, 0.1) is 0 Å². The quantitative estimate of drug-likeness (QED) is 0.720. The summed E-state index contributed by atoms with van der Waals surface area (Å²) in [5.74, 6) is 0. The van der Waals surface area contributed by atoms with Gasteiger partial charge in [0.05, 0.1) is 6.04 Å². The first-order chi connectivity index (χ1) is 14.3. The van der Waals surface area contributed by atoms with E-state index in [4.69, 9.17) is 11.5 Å². The largest absolute Gasteiger partial charge is 0.404 e. The lowest BCUT2D eigenvalue weighted by Gasteiger charge is -2.29. The highest BCUT2D eigenvalue weighted by molar-refractivity contribution is 5.95. The summed E-state index contributed by atoms with van der Waals surface area (Å²) in [6, 6.07) is 27.5. The lowest BCUT2D eigenvalue weighted by molar-refractivity contribution is 0.826. The van der Waals surface area contributed by atoms with Crippen molar-refractivity contribution in [1.29, 1.82) is 0 Å². The molecule has 1 aliphatic carbocycles. The van der Waals surface area contributed by atoms with Crippen LogP contribution in [0.1, 0.15) is 12.0 Å². The van der Waals surface area contributed by atoms with Crippen molar-refractivity contribution >= 4 is 28.8 Å². The summed E-state index contributed by atoms with van der Waals surface area (Å²) in [7, 11) is 0. The van der Waals surface area contributed by atoms with Gasteiger partial charge in [-0.15, -0.1) is 0 Å². The van der Waals surface area contributed by atoms with E-state index in [-0.39, 0.29) is 6.04 Å². The second-order valence-corrected chi connectivity index (χ2v) is 7.40. The molecule has 142 valence electrons. The Bertz CT molecular complexity index is 1250. The molecule has 1 unspecified atom stereocenters. The van der Waals surface area contributed by atoms with Crippen LogP contribution in [0.15, 0.2) is 96.6 Å². The van der Waals surface area contributed by atoms with E-state index in [1.54, 1.807) is 6.20 Å². The zero-order valence-corrected chi connectivity index (χ0v) is 16.1. The van der Waals surface area contributed by atoms with E-state index in [0.29, 0.717) is 0 Å². The molecule has 1 heterocycles. The zero-order chi connectivity index (χ0) is 19.8. The molecule has 3 aromatic carbocycles. The highest BCUT2D eigenvalue weighted by Gasteiger charge is 2.35. The number of para-hydroxylation sites is 2. The maximum absolute atomic E-state index is 6.61. The normalized spacial score (nSPS) is 19.2. The smallest absolute Gasteiger partial charge is 0.0633 e. The van der Waals surface area contributed by atoms with Gasteiger partial charge in [-0.05, 0) is 47.1 Å². The van der Waals surface area contributed by atoms with Gasteiger partial charge in [-0.1, -0.05) is 66.7 Å². The van der Waals surface area contributed by atoms with Crippen LogP contribution in [-0.4, -0.2) is 6.04 Å². The zero-order valence-electron chi connectivity index (χ0n) is 16.1. The van der Waals surface area contributed by atoms with Crippen LogP contribution in [-0.2, 0) is 0 Å². The third kappa shape index (κ3) is 2.83. The Kier molecular flexibility index (Phi) is 4.21. The molecule has 1 atom stereocenters. The lowest BCUT2D eigenvalue weighted by Crippen LogP contribution is -2.32. The van der Waals surface area contributed by atoms with Crippen LogP contribution in [0.2, 0.25) is 0 Å². The molecular weight excluding hydrogens is 354 g/mol. The van der Waals surface area contributed by atoms with Gasteiger partial charge in [0.15, 0.2) is 0 Å². The van der Waals surface area contributed by atoms with Gasteiger partial charge in [-0.2, -0.15) is 0 Å². The fraction of sp³-hybridized carbons (Fsp3) is 0.0769. The van der Waals surface area contributed by atoms with E-state index < -0.39 is 0 Å². The molecule has 0 amide bonds. The summed E-state index contributed by atoms with van der Waals surface area (Å²) in [6.45, 7) is 0. The monoisotopic (exact) mass is 377 g/mol. The molecule has 0 radical (unpaired) electrons. The van der Waals surface area contributed by atoms with Gasteiger partial charge in [-0.3, -0.25) is 0 Å². The van der Waals surface area contributed by atoms with Gasteiger partial charge in [0.1, 0.15) is 0 Å². The first kappa shape index (κ1) is 17.4. The lowest BCUT2D eigenvalue weighted by atomic mass is 9.90. The van der Waals surface area contributed by atoms with E-state index in [0.717, 1.165) is 28.1 Å². The van der Waals surface area contributed by atoms with Gasteiger partial charge in [0.25, 0.3) is 0 Å². The second-order valence-electron chi connectivity index (χ2n) is 7.40. The maximum atomic E-state index is 6.61. The summed E-state index contributed by atoms with van der Waals surface area (Å²) in [5.41, 5.74) is 19.3. The average molecular weight is 377 g/mol. The van der Waals surface area contributed by atoms with Crippen LogP contribution in [0.3, 0.4) is 0 Å². The van der Waals surface area contributed by atoms with Crippen LogP contribution < -0.4 is 26.8 Å². The van der Waals surface area contributed by atoms with E-state index in [2.05, 4.69) is 71.6 Å². The molecule has 5 rings (SSSR count). The topological polar surface area (TPSA) is 55.3 Å². The molecule has 3 heteroatoms. The Balaban J connectivity index is 1.66. The average Bonchev–Trinajstić information content (AvgIpc) is 3.13. The van der Waals surface area contributed by atoms with Crippen LogP contribution >= 0.6 is 0 Å². The van der Waals surface area contributed by atoms with Crippen molar-refractivity contribution in [2.45, 2.75) is 12.5 Å². The molecule has 4 N–H and O–H groups in total. The number of hydrogen-bond donors (Lipinski definition) is 2. The SMILES string of the molecule is N/C=c1/cccc/c1=C(/N)C1=CCC2C(=C1)c1ccccc1N2c1ccccc1. The molecule has 0 bridgehead atoms. The van der Waals surface area contributed by atoms with Gasteiger partial charge >= 0.3 is 0 Å². The van der Waals surface area contributed by atoms with Crippen molar-refractivity contribution in [2.24, 2.45) is 11.5 Å². The first-order valence-electron chi connectivity index (χ1n) is 9.90. The Morgan fingerprint density at radius 2 is 1.62 bits per heavy atom. The number of hydrogen-bond acceptors (Lipinski definition) is 3. The van der Waals surface area contributed by atoms with Crippen LogP contribution in [0.25, 0.3) is 17.5 Å². The number of anilines is 2. The predicted molar refractivity (Wildman–Crippen MR) is 121 cm³/mol. The number of fused-ring (bicyclic) bond motifs is 3. The fourth-order valence-corrected chi connectivity index (χ4v) is 4.42. The molecule has 29 heavy (non-hydrogen) atoms. The van der Waals surface area contributed by atoms with Crippen molar-refractivity contribution in [3.05, 3.63) is 113 Å². The van der Waals surface area contributed by atoms with Gasteiger partial charge in [-0.25, -0.2) is 0 Å². The molecule has 0 fully saturated rings. The van der Waals surface area contributed by atoms with E-state index in [1.165, 1.54) is 22.5 Å². The predicted octanol–water partition coefficient (Wildman–Crippen LogP) is 3.38. The Labute approximate surface area is 170 Å². The minimum absolute atomic E-state index is 0.280. The van der Waals surface area contributed by atoms with Gasteiger partial charge in [0, 0.05) is 34.1 Å². The Morgan fingerprint density at radius 1 is 0.897 bits per heavy atom. The summed E-state index contributed by atoms with van der Waals surface area (Å²) in [4.78, 5) is 2.44. The van der Waals surface area contributed by atoms with Gasteiger partial charge < -0.3 is 16.4 Å². The summed E-state index contributed by atoms with van der Waals surface area (Å²) >= 11 is 0. The fourth-order valence-electron chi connectivity index (χ4n) is 4.42. The third-order valence-electron chi connectivity index (χ3n) is 5.79. The van der Waals surface area contributed by atoms with E-state index >= 15 is 0 Å². The Morgan fingerprint density at radius 3 is 2.45 bits per heavy atom. The maximum Gasteiger partial charge on any atom is 0.0633 e. The second kappa shape index (κ2) is 7.02. The minimum Gasteiger partial charge on any atom is -0.404 e.